The van der Waals surface area contributed by atoms with Crippen molar-refractivity contribution in [2.24, 2.45) is 5.92 Å². The molecule has 0 aromatic rings. The quantitative estimate of drug-likeness (QED) is 0.655. The molecule has 1 fully saturated rings. The number of thioether (sulfide) groups is 1. The number of fused-ring (bicyclic) bond motifs is 1. The summed E-state index contributed by atoms with van der Waals surface area (Å²) in [5.41, 5.74) is 0. The van der Waals surface area contributed by atoms with Crippen LogP contribution < -0.4 is 0 Å². The van der Waals surface area contributed by atoms with Gasteiger partial charge in [0.25, 0.3) is 0 Å². The second-order valence-electron chi connectivity index (χ2n) is 3.16. The first-order valence-electron chi connectivity index (χ1n) is 4.02. The molecule has 5 heteroatoms. The topological polar surface area (TPSA) is 34.1 Å². The second kappa shape index (κ2) is 3.33. The summed E-state index contributed by atoms with van der Waals surface area (Å²) in [7, 11) is 1.97. The van der Waals surface area contributed by atoms with E-state index in [0.29, 0.717) is 5.75 Å². The van der Waals surface area contributed by atoms with Crippen molar-refractivity contribution < 1.29 is 8.42 Å². The Bertz CT molecular complexity index is 370. The molecule has 0 N–H and O–H groups in total. The van der Waals surface area contributed by atoms with Crippen LogP contribution in [0.1, 0.15) is 6.42 Å². The summed E-state index contributed by atoms with van der Waals surface area (Å²) >= 11 is 1.61. The molecular weight excluding hydrogens is 228 g/mol. The minimum atomic E-state index is -3.40. The predicted octanol–water partition coefficient (Wildman–Crippen LogP) is 2.13. The lowest BCUT2D eigenvalue weighted by Gasteiger charge is -2.16. The smallest absolute Gasteiger partial charge is 0.212 e. The van der Waals surface area contributed by atoms with E-state index in [-0.39, 0.29) is 5.92 Å². The largest absolute Gasteiger partial charge is 0.236 e. The van der Waals surface area contributed by atoms with Gasteiger partial charge in [-0.1, -0.05) is 18.2 Å². The molecule has 0 radical (unpaired) electrons. The van der Waals surface area contributed by atoms with Gasteiger partial charge in [-0.15, -0.1) is 11.8 Å². The van der Waals surface area contributed by atoms with Gasteiger partial charge in [-0.25, -0.2) is 8.42 Å². The Hall–Kier alpha value is 0.0700. The lowest BCUT2D eigenvalue weighted by atomic mass is 9.98. The van der Waals surface area contributed by atoms with Crippen LogP contribution in [0, 0.1) is 5.92 Å². The highest BCUT2D eigenvalue weighted by Gasteiger charge is 2.39. The van der Waals surface area contributed by atoms with E-state index in [9.17, 15) is 8.42 Å². The fourth-order valence-electron chi connectivity index (χ4n) is 1.69. The fraction of sp³-hybridized carbons (Fsp3) is 0.500. The maximum Gasteiger partial charge on any atom is 0.236 e. The highest BCUT2D eigenvalue weighted by atomic mass is 35.7. The number of allylic oxidation sites excluding steroid dienone is 4. The van der Waals surface area contributed by atoms with Crippen molar-refractivity contribution >= 4 is 31.5 Å². The zero-order valence-electron chi connectivity index (χ0n) is 6.81. The Morgan fingerprint density at radius 3 is 3.00 bits per heavy atom. The summed E-state index contributed by atoms with van der Waals surface area (Å²) in [5, 5.41) is -0.393. The summed E-state index contributed by atoms with van der Waals surface area (Å²) in [4.78, 5) is 1.16. The van der Waals surface area contributed by atoms with Gasteiger partial charge < -0.3 is 0 Å². The van der Waals surface area contributed by atoms with Crippen LogP contribution in [-0.2, 0) is 9.05 Å². The van der Waals surface area contributed by atoms with E-state index in [1.165, 1.54) is 0 Å². The van der Waals surface area contributed by atoms with Crippen LogP contribution in [-0.4, -0.2) is 19.4 Å². The average Bonchev–Trinajstić information content (AvgIpc) is 2.45. The first-order valence-corrected chi connectivity index (χ1v) is 7.38. The third kappa shape index (κ3) is 1.80. The van der Waals surface area contributed by atoms with Gasteiger partial charge in [0.15, 0.2) is 0 Å². The number of hydrogen-bond acceptors (Lipinski definition) is 3. The Morgan fingerprint density at radius 2 is 2.31 bits per heavy atom. The minimum Gasteiger partial charge on any atom is -0.212 e. The van der Waals surface area contributed by atoms with Crippen LogP contribution in [0.15, 0.2) is 23.1 Å². The Balaban J connectivity index is 2.29. The Kier molecular flexibility index (Phi) is 2.47. The summed E-state index contributed by atoms with van der Waals surface area (Å²) in [6.07, 6.45) is 6.76. The summed E-state index contributed by atoms with van der Waals surface area (Å²) < 4.78 is 22.4. The van der Waals surface area contributed by atoms with Crippen molar-refractivity contribution in [3.8, 4) is 0 Å². The lowest BCUT2D eigenvalue weighted by molar-refractivity contribution is 0.568. The molecule has 13 heavy (non-hydrogen) atoms. The van der Waals surface area contributed by atoms with E-state index in [1.54, 1.807) is 11.8 Å². The molecule has 2 atom stereocenters. The van der Waals surface area contributed by atoms with Crippen molar-refractivity contribution in [2.75, 3.05) is 5.75 Å². The van der Waals surface area contributed by atoms with Gasteiger partial charge >= 0.3 is 0 Å². The van der Waals surface area contributed by atoms with Crippen molar-refractivity contribution in [1.82, 2.24) is 0 Å². The maximum absolute atomic E-state index is 11.2. The second-order valence-corrected chi connectivity index (χ2v) is 7.10. The number of halogens is 1. The molecule has 0 amide bonds. The predicted molar refractivity (Wildman–Crippen MR) is 56.3 cm³/mol. The molecule has 2 aliphatic rings. The van der Waals surface area contributed by atoms with E-state index in [0.717, 1.165) is 11.3 Å². The molecule has 1 heterocycles. The van der Waals surface area contributed by atoms with Crippen LogP contribution in [0.3, 0.4) is 0 Å². The lowest BCUT2D eigenvalue weighted by Crippen LogP contribution is -2.24. The van der Waals surface area contributed by atoms with Crippen molar-refractivity contribution in [3.05, 3.63) is 23.1 Å². The number of rotatable bonds is 1. The molecule has 2 rings (SSSR count). The highest BCUT2D eigenvalue weighted by Crippen LogP contribution is 2.44. The monoisotopic (exact) mass is 236 g/mol. The molecule has 1 aliphatic heterocycles. The Labute approximate surface area is 86.5 Å². The Morgan fingerprint density at radius 1 is 1.54 bits per heavy atom. The van der Waals surface area contributed by atoms with Crippen LogP contribution in [0.25, 0.3) is 0 Å². The van der Waals surface area contributed by atoms with Gasteiger partial charge in [-0.2, -0.15) is 0 Å². The van der Waals surface area contributed by atoms with E-state index in [2.05, 4.69) is 0 Å². The third-order valence-corrected chi connectivity index (χ3v) is 5.79. The van der Waals surface area contributed by atoms with Crippen molar-refractivity contribution in [2.45, 2.75) is 11.7 Å². The standard InChI is InChI=1S/C8H9ClO2S2/c9-13(10,11)8-5-12-7-4-2-1-3-6(7)8/h1-2,4,6,8H,3,5H2. The van der Waals surface area contributed by atoms with Crippen LogP contribution >= 0.6 is 22.4 Å². The van der Waals surface area contributed by atoms with Crippen molar-refractivity contribution in [3.63, 3.8) is 0 Å². The molecule has 1 saturated heterocycles. The van der Waals surface area contributed by atoms with Crippen LogP contribution in [0.2, 0.25) is 0 Å². The molecule has 2 nitrogen and oxygen atoms in total. The summed E-state index contributed by atoms with van der Waals surface area (Å²) in [6.45, 7) is 0. The molecule has 0 bridgehead atoms. The molecule has 1 aliphatic carbocycles. The molecule has 72 valence electrons. The van der Waals surface area contributed by atoms with E-state index >= 15 is 0 Å². The van der Waals surface area contributed by atoms with Gasteiger partial charge in [0.05, 0.1) is 5.25 Å². The normalized spacial score (nSPS) is 32.8. The molecule has 2 unspecified atom stereocenters. The van der Waals surface area contributed by atoms with Gasteiger partial charge in [0.1, 0.15) is 0 Å². The summed E-state index contributed by atoms with van der Waals surface area (Å²) in [6, 6.07) is 0. The fourth-order valence-corrected chi connectivity index (χ4v) is 5.35. The van der Waals surface area contributed by atoms with Crippen LogP contribution in [0.5, 0.6) is 0 Å². The zero-order chi connectivity index (χ0) is 9.47. The van der Waals surface area contributed by atoms with Gasteiger partial charge in [-0.05, 0) is 11.3 Å². The molecule has 0 aromatic heterocycles. The SMILES string of the molecule is O=S(=O)(Cl)C1CSC2=CC=CCC21. The first kappa shape index (κ1) is 9.62. The molecular formula is C8H9ClO2S2. The zero-order valence-corrected chi connectivity index (χ0v) is 9.20. The molecule has 0 saturated carbocycles. The first-order chi connectivity index (χ1) is 6.09. The maximum atomic E-state index is 11.2. The van der Waals surface area contributed by atoms with E-state index in [4.69, 9.17) is 10.7 Å². The van der Waals surface area contributed by atoms with Gasteiger partial charge in [0.2, 0.25) is 9.05 Å². The van der Waals surface area contributed by atoms with E-state index < -0.39 is 14.3 Å². The minimum absolute atomic E-state index is 0.109. The van der Waals surface area contributed by atoms with Gasteiger partial charge in [0, 0.05) is 22.4 Å². The number of hydrogen-bond donors (Lipinski definition) is 0. The van der Waals surface area contributed by atoms with E-state index in [1.807, 2.05) is 18.2 Å². The molecule has 0 aromatic carbocycles. The average molecular weight is 237 g/mol. The summed E-state index contributed by atoms with van der Waals surface area (Å²) in [5.74, 6) is 0.710. The van der Waals surface area contributed by atoms with Gasteiger partial charge in [-0.3, -0.25) is 0 Å². The molecule has 0 spiro atoms. The highest BCUT2D eigenvalue weighted by molar-refractivity contribution is 8.15. The third-order valence-electron chi connectivity index (χ3n) is 2.38. The van der Waals surface area contributed by atoms with Crippen LogP contribution in [0.4, 0.5) is 0 Å². The van der Waals surface area contributed by atoms with Crippen molar-refractivity contribution in [1.29, 1.82) is 0 Å².